The van der Waals surface area contributed by atoms with Crippen LogP contribution in [0, 0.1) is 0 Å². The number of H-pyrrole nitrogens is 1. The zero-order valence-corrected chi connectivity index (χ0v) is 14.7. The average molecular weight is 364 g/mol. The number of nitrogens with one attached hydrogen (secondary N) is 2. The maximum atomic E-state index is 12.6. The van der Waals surface area contributed by atoms with Crippen molar-refractivity contribution < 1.29 is 4.79 Å². The van der Waals surface area contributed by atoms with Crippen molar-refractivity contribution in [3.63, 3.8) is 0 Å². The summed E-state index contributed by atoms with van der Waals surface area (Å²) in [4.78, 5) is 18.9. The number of carbonyl (C=O) groups excluding carboxylic acids is 1. The third-order valence-corrected chi connectivity index (χ3v) is 5.46. The van der Waals surface area contributed by atoms with Crippen LogP contribution >= 0.6 is 11.5 Å². The second kappa shape index (κ2) is 6.06. The minimum atomic E-state index is 0.0388. The quantitative estimate of drug-likeness (QED) is 0.580. The van der Waals surface area contributed by atoms with E-state index in [9.17, 15) is 4.79 Å². The molecule has 130 valence electrons. The third kappa shape index (κ3) is 2.50. The van der Waals surface area contributed by atoms with Crippen LogP contribution in [-0.2, 0) is 0 Å². The van der Waals surface area contributed by atoms with E-state index in [2.05, 4.69) is 24.9 Å². The molecule has 0 radical (unpaired) electrons. The predicted octanol–water partition coefficient (Wildman–Crippen LogP) is 3.55. The summed E-state index contributed by atoms with van der Waals surface area (Å²) >= 11 is 1.35. The molecule has 1 aromatic carbocycles. The minimum absolute atomic E-state index is 0.0388. The Morgan fingerprint density at radius 2 is 2.12 bits per heavy atom. The molecule has 1 saturated heterocycles. The topological polar surface area (TPSA) is 86.8 Å². The van der Waals surface area contributed by atoms with Gasteiger partial charge in [-0.2, -0.15) is 9.47 Å². The summed E-state index contributed by atoms with van der Waals surface area (Å²) in [5, 5.41) is 11.4. The molecule has 1 aliphatic rings. The fourth-order valence-corrected chi connectivity index (χ4v) is 4.13. The molecule has 0 bridgehead atoms. The van der Waals surface area contributed by atoms with Crippen molar-refractivity contribution >= 4 is 50.1 Å². The second-order valence-electron chi connectivity index (χ2n) is 6.34. The first kappa shape index (κ1) is 15.3. The number of hydrogen-bond acceptors (Lipinski definition) is 6. The predicted molar refractivity (Wildman–Crippen MR) is 102 cm³/mol. The molecular formula is C18H16N6OS. The van der Waals surface area contributed by atoms with Crippen molar-refractivity contribution in [1.82, 2.24) is 24.5 Å². The Morgan fingerprint density at radius 3 is 3.00 bits per heavy atom. The van der Waals surface area contributed by atoms with Crippen LogP contribution in [0.4, 0.5) is 11.5 Å². The van der Waals surface area contributed by atoms with Gasteiger partial charge in [-0.15, -0.1) is 0 Å². The number of hydrogen-bond donors (Lipinski definition) is 2. The number of likely N-dealkylation sites (tertiary alicyclic amines) is 1. The van der Waals surface area contributed by atoms with Gasteiger partial charge in [-0.05, 0) is 54.7 Å². The molecule has 1 aliphatic heterocycles. The summed E-state index contributed by atoms with van der Waals surface area (Å²) in [6.45, 7) is 1.66. The summed E-state index contributed by atoms with van der Waals surface area (Å²) in [6.07, 6.45) is 3.90. The Morgan fingerprint density at radius 1 is 1.23 bits per heavy atom. The highest BCUT2D eigenvalue weighted by molar-refractivity contribution is 7.13. The number of carbonyl (C=O) groups is 1. The Kier molecular flexibility index (Phi) is 3.56. The van der Waals surface area contributed by atoms with Crippen molar-refractivity contribution in [3.05, 3.63) is 42.2 Å². The highest BCUT2D eigenvalue weighted by Crippen LogP contribution is 2.29. The maximum absolute atomic E-state index is 12.6. The van der Waals surface area contributed by atoms with Crippen molar-refractivity contribution in [3.8, 4) is 0 Å². The van der Waals surface area contributed by atoms with Crippen LogP contribution < -0.4 is 5.32 Å². The van der Waals surface area contributed by atoms with Crippen molar-refractivity contribution in [2.24, 2.45) is 0 Å². The Labute approximate surface area is 153 Å². The van der Waals surface area contributed by atoms with Gasteiger partial charge in [-0.3, -0.25) is 14.9 Å². The van der Waals surface area contributed by atoms with Gasteiger partial charge in [0.05, 0.1) is 10.2 Å². The SMILES string of the molecule is O=C(c1nsc2cc(Nc3n[nH]c4cccnc34)ccc12)N1CCCC1. The molecule has 5 rings (SSSR count). The van der Waals surface area contributed by atoms with Crippen LogP contribution in [0.3, 0.4) is 0 Å². The molecule has 26 heavy (non-hydrogen) atoms. The summed E-state index contributed by atoms with van der Waals surface area (Å²) in [7, 11) is 0. The molecular weight excluding hydrogens is 348 g/mol. The lowest BCUT2D eigenvalue weighted by atomic mass is 10.2. The van der Waals surface area contributed by atoms with E-state index in [4.69, 9.17) is 0 Å². The number of fused-ring (bicyclic) bond motifs is 2. The highest BCUT2D eigenvalue weighted by atomic mass is 32.1. The van der Waals surface area contributed by atoms with Gasteiger partial charge < -0.3 is 10.2 Å². The lowest BCUT2D eigenvalue weighted by Gasteiger charge is -2.13. The molecule has 2 N–H and O–H groups in total. The lowest BCUT2D eigenvalue weighted by Crippen LogP contribution is -2.27. The van der Waals surface area contributed by atoms with Gasteiger partial charge in [0.15, 0.2) is 5.82 Å². The first-order chi connectivity index (χ1) is 12.8. The van der Waals surface area contributed by atoms with Crippen LogP contribution in [0.25, 0.3) is 21.1 Å². The second-order valence-corrected chi connectivity index (χ2v) is 7.14. The molecule has 0 saturated carbocycles. The number of amides is 1. The number of anilines is 2. The normalized spacial score (nSPS) is 14.4. The minimum Gasteiger partial charge on any atom is -0.337 e. The molecule has 0 spiro atoms. The van der Waals surface area contributed by atoms with Crippen LogP contribution in [-0.4, -0.2) is 43.5 Å². The smallest absolute Gasteiger partial charge is 0.274 e. The first-order valence-electron chi connectivity index (χ1n) is 8.54. The molecule has 4 heterocycles. The number of benzene rings is 1. The molecule has 4 aromatic rings. The average Bonchev–Trinajstić information content (AvgIpc) is 3.41. The van der Waals surface area contributed by atoms with E-state index in [1.165, 1.54) is 11.5 Å². The number of pyridine rings is 1. The Hall–Kier alpha value is -3.00. The largest absolute Gasteiger partial charge is 0.337 e. The first-order valence-corrected chi connectivity index (χ1v) is 9.32. The fraction of sp³-hybridized carbons (Fsp3) is 0.222. The van der Waals surface area contributed by atoms with Gasteiger partial charge in [-0.1, -0.05) is 0 Å². The summed E-state index contributed by atoms with van der Waals surface area (Å²) in [5.41, 5.74) is 3.12. The standard InChI is InChI=1S/C18H16N6OS/c25-18(24-8-1-2-9-24)15-12-6-5-11(10-14(12)26-23-15)20-17-16-13(21-22-17)4-3-7-19-16/h3-7,10H,1-2,8-9H2,(H2,20,21,22). The number of aromatic nitrogens is 4. The Balaban J connectivity index is 1.46. The van der Waals surface area contributed by atoms with E-state index in [-0.39, 0.29) is 5.91 Å². The fourth-order valence-electron chi connectivity index (χ4n) is 3.32. The van der Waals surface area contributed by atoms with E-state index in [0.29, 0.717) is 11.5 Å². The molecule has 0 aliphatic carbocycles. The van der Waals surface area contributed by atoms with Gasteiger partial charge in [0.25, 0.3) is 5.91 Å². The summed E-state index contributed by atoms with van der Waals surface area (Å²) in [6, 6.07) is 9.70. The van der Waals surface area contributed by atoms with E-state index < -0.39 is 0 Å². The lowest BCUT2D eigenvalue weighted by molar-refractivity contribution is 0.0790. The van der Waals surface area contributed by atoms with Crippen LogP contribution in [0.15, 0.2) is 36.5 Å². The monoisotopic (exact) mass is 364 g/mol. The molecule has 0 atom stereocenters. The molecule has 7 nitrogen and oxygen atoms in total. The van der Waals surface area contributed by atoms with Crippen LogP contribution in [0.5, 0.6) is 0 Å². The molecule has 1 amide bonds. The highest BCUT2D eigenvalue weighted by Gasteiger charge is 2.23. The van der Waals surface area contributed by atoms with E-state index in [1.54, 1.807) is 6.20 Å². The van der Waals surface area contributed by atoms with Gasteiger partial charge in [0, 0.05) is 30.4 Å². The van der Waals surface area contributed by atoms with Crippen molar-refractivity contribution in [2.75, 3.05) is 18.4 Å². The van der Waals surface area contributed by atoms with Gasteiger partial charge in [0.1, 0.15) is 11.2 Å². The molecule has 3 aromatic heterocycles. The van der Waals surface area contributed by atoms with Crippen LogP contribution in [0.1, 0.15) is 23.3 Å². The Bertz CT molecular complexity index is 1110. The molecule has 0 unspecified atom stereocenters. The summed E-state index contributed by atoms with van der Waals surface area (Å²) < 4.78 is 5.39. The number of rotatable bonds is 3. The van der Waals surface area contributed by atoms with Crippen molar-refractivity contribution in [2.45, 2.75) is 12.8 Å². The molecule has 8 heteroatoms. The van der Waals surface area contributed by atoms with E-state index in [1.807, 2.05) is 35.2 Å². The van der Waals surface area contributed by atoms with Crippen LogP contribution in [0.2, 0.25) is 0 Å². The van der Waals surface area contributed by atoms with Crippen molar-refractivity contribution in [1.29, 1.82) is 0 Å². The van der Waals surface area contributed by atoms with Gasteiger partial charge in [0.2, 0.25) is 0 Å². The third-order valence-electron chi connectivity index (χ3n) is 4.65. The van der Waals surface area contributed by atoms with E-state index in [0.717, 1.165) is 52.7 Å². The zero-order chi connectivity index (χ0) is 17.5. The molecule has 1 fully saturated rings. The summed E-state index contributed by atoms with van der Waals surface area (Å²) in [5.74, 6) is 0.717. The van der Waals surface area contributed by atoms with Gasteiger partial charge in [-0.25, -0.2) is 0 Å². The number of aromatic amines is 1. The van der Waals surface area contributed by atoms with E-state index >= 15 is 0 Å². The van der Waals surface area contributed by atoms with Gasteiger partial charge >= 0.3 is 0 Å². The maximum Gasteiger partial charge on any atom is 0.274 e. The zero-order valence-electron chi connectivity index (χ0n) is 13.9. The number of nitrogens with zero attached hydrogens (tertiary/aromatic N) is 4.